The number of ether oxygens (including phenoxy) is 3. The average Bonchev–Trinajstić information content (AvgIpc) is 3.45. The first-order chi connectivity index (χ1) is 12.1. The number of amides is 1. The molecule has 1 aliphatic heterocycles. The third kappa shape index (κ3) is 4.22. The van der Waals surface area contributed by atoms with Crippen LogP contribution in [-0.2, 0) is 9.53 Å². The second kappa shape index (κ2) is 7.74. The second-order valence-corrected chi connectivity index (χ2v) is 6.26. The fraction of sp³-hybridized carbons (Fsp3) is 0.556. The van der Waals surface area contributed by atoms with Crippen molar-refractivity contribution in [2.24, 2.45) is 5.92 Å². The van der Waals surface area contributed by atoms with Crippen molar-refractivity contribution in [1.29, 1.82) is 0 Å². The first kappa shape index (κ1) is 17.5. The molecule has 0 spiro atoms. The Morgan fingerprint density at radius 2 is 2.08 bits per heavy atom. The number of carbonyl (C=O) groups excluding carboxylic acids is 1. The van der Waals surface area contributed by atoms with Gasteiger partial charge in [-0.05, 0) is 43.9 Å². The number of aliphatic carboxylic acids is 1. The van der Waals surface area contributed by atoms with Crippen LogP contribution in [0.4, 0.5) is 0 Å². The maximum atomic E-state index is 13.0. The van der Waals surface area contributed by atoms with Gasteiger partial charge in [-0.15, -0.1) is 0 Å². The lowest BCUT2D eigenvalue weighted by molar-refractivity contribution is -0.139. The summed E-state index contributed by atoms with van der Waals surface area (Å²) >= 11 is 0. The topological polar surface area (TPSA) is 85.3 Å². The fourth-order valence-corrected chi connectivity index (χ4v) is 3.08. The SMILES string of the molecule is CCOc1cc(C(=O)N2CCOCC2C2CC2)ccc1OCC(=O)O. The number of hydrogen-bond donors (Lipinski definition) is 1. The molecule has 1 aromatic carbocycles. The molecular weight excluding hydrogens is 326 g/mol. The number of benzene rings is 1. The van der Waals surface area contributed by atoms with Gasteiger partial charge in [0.1, 0.15) is 0 Å². The Labute approximate surface area is 146 Å². The van der Waals surface area contributed by atoms with Gasteiger partial charge in [-0.1, -0.05) is 0 Å². The first-order valence-electron chi connectivity index (χ1n) is 8.60. The molecule has 0 aromatic heterocycles. The summed E-state index contributed by atoms with van der Waals surface area (Å²) in [7, 11) is 0. The maximum Gasteiger partial charge on any atom is 0.341 e. The lowest BCUT2D eigenvalue weighted by atomic mass is 10.1. The maximum absolute atomic E-state index is 13.0. The van der Waals surface area contributed by atoms with Crippen molar-refractivity contribution >= 4 is 11.9 Å². The third-order valence-electron chi connectivity index (χ3n) is 4.43. The molecule has 1 unspecified atom stereocenters. The van der Waals surface area contributed by atoms with E-state index < -0.39 is 12.6 Å². The van der Waals surface area contributed by atoms with E-state index in [9.17, 15) is 9.59 Å². The van der Waals surface area contributed by atoms with Crippen LogP contribution in [0.1, 0.15) is 30.1 Å². The number of carboxylic acids is 1. The van der Waals surface area contributed by atoms with E-state index in [1.165, 1.54) is 0 Å². The molecule has 25 heavy (non-hydrogen) atoms. The van der Waals surface area contributed by atoms with Gasteiger partial charge in [-0.3, -0.25) is 4.79 Å². The molecule has 1 saturated heterocycles. The van der Waals surface area contributed by atoms with Crippen LogP contribution < -0.4 is 9.47 Å². The summed E-state index contributed by atoms with van der Waals surface area (Å²) in [5.41, 5.74) is 0.513. The Kier molecular flexibility index (Phi) is 5.43. The first-order valence-corrected chi connectivity index (χ1v) is 8.60. The highest BCUT2D eigenvalue weighted by Crippen LogP contribution is 2.37. The van der Waals surface area contributed by atoms with Crippen molar-refractivity contribution in [2.45, 2.75) is 25.8 Å². The number of hydrogen-bond acceptors (Lipinski definition) is 5. The Morgan fingerprint density at radius 1 is 1.28 bits per heavy atom. The lowest BCUT2D eigenvalue weighted by Gasteiger charge is -2.36. The highest BCUT2D eigenvalue weighted by molar-refractivity contribution is 5.95. The molecule has 1 aliphatic carbocycles. The molecule has 1 atom stereocenters. The molecule has 1 heterocycles. The average molecular weight is 349 g/mol. The second-order valence-electron chi connectivity index (χ2n) is 6.26. The van der Waals surface area contributed by atoms with E-state index in [2.05, 4.69) is 0 Å². The molecule has 1 N–H and O–H groups in total. The van der Waals surface area contributed by atoms with E-state index in [1.54, 1.807) is 18.2 Å². The van der Waals surface area contributed by atoms with Crippen molar-refractivity contribution in [3.63, 3.8) is 0 Å². The number of carbonyl (C=O) groups is 2. The molecule has 3 rings (SSSR count). The van der Waals surface area contributed by atoms with Gasteiger partial charge < -0.3 is 24.2 Å². The normalized spacial score (nSPS) is 20.2. The van der Waals surface area contributed by atoms with E-state index >= 15 is 0 Å². The van der Waals surface area contributed by atoms with Gasteiger partial charge in [0.2, 0.25) is 0 Å². The zero-order chi connectivity index (χ0) is 17.8. The third-order valence-corrected chi connectivity index (χ3v) is 4.43. The molecule has 1 saturated carbocycles. The molecule has 1 amide bonds. The minimum absolute atomic E-state index is 0.0501. The van der Waals surface area contributed by atoms with Crippen LogP contribution >= 0.6 is 0 Å². The molecule has 0 bridgehead atoms. The summed E-state index contributed by atoms with van der Waals surface area (Å²) < 4.78 is 16.3. The van der Waals surface area contributed by atoms with Crippen molar-refractivity contribution in [3.05, 3.63) is 23.8 Å². The van der Waals surface area contributed by atoms with Crippen LogP contribution in [0, 0.1) is 5.92 Å². The predicted molar refractivity (Wildman–Crippen MR) is 89.1 cm³/mol. The van der Waals surface area contributed by atoms with Crippen LogP contribution in [0.15, 0.2) is 18.2 Å². The van der Waals surface area contributed by atoms with Crippen LogP contribution in [0.5, 0.6) is 11.5 Å². The van der Waals surface area contributed by atoms with E-state index in [0.29, 0.717) is 49.3 Å². The Bertz CT molecular complexity index is 642. The van der Waals surface area contributed by atoms with E-state index in [0.717, 1.165) is 12.8 Å². The zero-order valence-electron chi connectivity index (χ0n) is 14.3. The van der Waals surface area contributed by atoms with Crippen molar-refractivity contribution in [2.75, 3.05) is 33.0 Å². The summed E-state index contributed by atoms with van der Waals surface area (Å²) in [5.74, 6) is 0.121. The number of nitrogens with zero attached hydrogens (tertiary/aromatic N) is 1. The van der Waals surface area contributed by atoms with Gasteiger partial charge in [0.05, 0.1) is 25.9 Å². The number of rotatable bonds is 7. The molecule has 2 aliphatic rings. The summed E-state index contributed by atoms with van der Waals surface area (Å²) in [4.78, 5) is 25.5. The predicted octanol–water partition coefficient (Wildman–Crippen LogP) is 1.80. The summed E-state index contributed by atoms with van der Waals surface area (Å²) in [6.45, 7) is 3.48. The minimum Gasteiger partial charge on any atom is -0.490 e. The van der Waals surface area contributed by atoms with E-state index in [1.807, 2.05) is 11.8 Å². The van der Waals surface area contributed by atoms with Gasteiger partial charge in [-0.25, -0.2) is 4.79 Å². The fourth-order valence-electron chi connectivity index (χ4n) is 3.08. The van der Waals surface area contributed by atoms with E-state index in [4.69, 9.17) is 19.3 Å². The highest BCUT2D eigenvalue weighted by Gasteiger charge is 2.39. The Hall–Kier alpha value is -2.28. The molecule has 7 heteroatoms. The Balaban J connectivity index is 1.79. The largest absolute Gasteiger partial charge is 0.490 e. The van der Waals surface area contributed by atoms with Crippen molar-refractivity contribution < 1.29 is 28.9 Å². The van der Waals surface area contributed by atoms with Gasteiger partial charge >= 0.3 is 5.97 Å². The molecule has 136 valence electrons. The molecule has 1 aromatic rings. The summed E-state index contributed by atoms with van der Waals surface area (Å²) in [6, 6.07) is 5.01. The van der Waals surface area contributed by atoms with Gasteiger partial charge in [-0.2, -0.15) is 0 Å². The van der Waals surface area contributed by atoms with Crippen molar-refractivity contribution in [1.82, 2.24) is 4.90 Å². The molecular formula is C18H23NO6. The number of carboxylic acid groups (broad SMARTS) is 1. The smallest absolute Gasteiger partial charge is 0.341 e. The van der Waals surface area contributed by atoms with Gasteiger partial charge in [0.25, 0.3) is 5.91 Å². The van der Waals surface area contributed by atoms with Gasteiger partial charge in [0, 0.05) is 12.1 Å². The zero-order valence-corrected chi connectivity index (χ0v) is 14.3. The van der Waals surface area contributed by atoms with Crippen LogP contribution in [0.25, 0.3) is 0 Å². The standard InChI is InChI=1S/C18H23NO6/c1-2-24-16-9-13(5-6-15(16)25-11-17(20)21)18(22)19-7-8-23-10-14(19)12-3-4-12/h5-6,9,12,14H,2-4,7-8,10-11H2,1H3,(H,20,21). The molecule has 0 radical (unpaired) electrons. The quantitative estimate of drug-likeness (QED) is 0.808. The van der Waals surface area contributed by atoms with Gasteiger partial charge in [0.15, 0.2) is 18.1 Å². The van der Waals surface area contributed by atoms with E-state index in [-0.39, 0.29) is 11.9 Å². The lowest BCUT2D eigenvalue weighted by Crippen LogP contribution is -2.49. The van der Waals surface area contributed by atoms with Crippen LogP contribution in [-0.4, -0.2) is 60.9 Å². The number of morpholine rings is 1. The van der Waals surface area contributed by atoms with Crippen LogP contribution in [0.3, 0.4) is 0 Å². The summed E-state index contributed by atoms with van der Waals surface area (Å²) in [6.07, 6.45) is 2.29. The minimum atomic E-state index is -1.07. The molecule has 7 nitrogen and oxygen atoms in total. The highest BCUT2D eigenvalue weighted by atomic mass is 16.5. The van der Waals surface area contributed by atoms with Crippen LogP contribution in [0.2, 0.25) is 0 Å². The summed E-state index contributed by atoms with van der Waals surface area (Å²) in [5, 5.41) is 8.76. The monoisotopic (exact) mass is 349 g/mol. The van der Waals surface area contributed by atoms with Crippen molar-refractivity contribution in [3.8, 4) is 11.5 Å². The molecule has 2 fully saturated rings. The Morgan fingerprint density at radius 3 is 2.76 bits per heavy atom.